The Morgan fingerprint density at radius 1 is 1.35 bits per heavy atom. The second-order valence-electron chi connectivity index (χ2n) is 8.00. The van der Waals surface area contributed by atoms with Crippen molar-refractivity contribution in [1.29, 1.82) is 0 Å². The van der Waals surface area contributed by atoms with Crippen molar-refractivity contribution in [3.05, 3.63) is 0 Å². The number of nitrogens with zero attached hydrogens (tertiary/aromatic N) is 2. The Hall–Kier alpha value is -1.50. The molecule has 7 heteroatoms. The Bertz CT molecular complexity index is 445. The van der Waals surface area contributed by atoms with Gasteiger partial charge in [-0.25, -0.2) is 4.79 Å². The molecule has 0 saturated heterocycles. The lowest BCUT2D eigenvalue weighted by atomic mass is 10.1. The van der Waals surface area contributed by atoms with Gasteiger partial charge in [0.2, 0.25) is 0 Å². The molecule has 1 aliphatic rings. The molecule has 1 aliphatic carbocycles. The molecule has 1 atom stereocenters. The lowest BCUT2D eigenvalue weighted by Crippen LogP contribution is -2.48. The molecule has 0 bridgehead atoms. The first-order valence-electron chi connectivity index (χ1n) is 9.74. The third-order valence-electron chi connectivity index (χ3n) is 4.06. The van der Waals surface area contributed by atoms with Gasteiger partial charge in [-0.2, -0.15) is 0 Å². The Kier molecular flexibility index (Phi) is 9.76. The molecule has 0 radical (unpaired) electrons. The van der Waals surface area contributed by atoms with Crippen LogP contribution in [0.25, 0.3) is 0 Å². The van der Waals surface area contributed by atoms with Gasteiger partial charge in [0, 0.05) is 39.8 Å². The fourth-order valence-corrected chi connectivity index (χ4v) is 2.49. The summed E-state index contributed by atoms with van der Waals surface area (Å²) in [4.78, 5) is 18.4. The Balaban J connectivity index is 2.36. The van der Waals surface area contributed by atoms with E-state index in [1.165, 1.54) is 12.8 Å². The van der Waals surface area contributed by atoms with Crippen LogP contribution in [0.3, 0.4) is 0 Å². The van der Waals surface area contributed by atoms with E-state index in [4.69, 9.17) is 9.47 Å². The highest BCUT2D eigenvalue weighted by atomic mass is 16.6. The van der Waals surface area contributed by atoms with Gasteiger partial charge in [0.25, 0.3) is 0 Å². The molecule has 0 aromatic heterocycles. The van der Waals surface area contributed by atoms with Crippen molar-refractivity contribution in [2.75, 3.05) is 40.4 Å². The fourth-order valence-electron chi connectivity index (χ4n) is 2.49. The van der Waals surface area contributed by atoms with Crippen molar-refractivity contribution in [1.82, 2.24) is 15.5 Å². The maximum absolute atomic E-state index is 12.0. The van der Waals surface area contributed by atoms with Crippen molar-refractivity contribution in [2.45, 2.75) is 65.0 Å². The number of hydrogen-bond donors (Lipinski definition) is 2. The molecular weight excluding hydrogens is 332 g/mol. The molecule has 1 rings (SSSR count). The first kappa shape index (κ1) is 22.5. The van der Waals surface area contributed by atoms with Crippen LogP contribution in [0.4, 0.5) is 4.79 Å². The Morgan fingerprint density at radius 3 is 2.58 bits per heavy atom. The van der Waals surface area contributed by atoms with E-state index in [0.717, 1.165) is 37.9 Å². The molecule has 0 heterocycles. The van der Waals surface area contributed by atoms with Gasteiger partial charge >= 0.3 is 6.09 Å². The molecule has 0 aromatic rings. The van der Waals surface area contributed by atoms with E-state index < -0.39 is 5.60 Å². The van der Waals surface area contributed by atoms with Crippen LogP contribution in [0.2, 0.25) is 0 Å². The highest BCUT2D eigenvalue weighted by molar-refractivity contribution is 5.79. The Labute approximate surface area is 158 Å². The van der Waals surface area contributed by atoms with Gasteiger partial charge in [-0.15, -0.1) is 0 Å². The minimum atomic E-state index is -0.495. The van der Waals surface area contributed by atoms with Gasteiger partial charge in [0.1, 0.15) is 5.60 Å². The van der Waals surface area contributed by atoms with Crippen LogP contribution < -0.4 is 10.6 Å². The van der Waals surface area contributed by atoms with Gasteiger partial charge in [-0.3, -0.25) is 4.99 Å². The number of amides is 1. The monoisotopic (exact) mass is 370 g/mol. The van der Waals surface area contributed by atoms with E-state index in [9.17, 15) is 4.79 Å². The highest BCUT2D eigenvalue weighted by Gasteiger charge is 2.21. The summed E-state index contributed by atoms with van der Waals surface area (Å²) in [6, 6.07) is -0.00823. The number of guanidine groups is 1. The molecule has 2 N–H and O–H groups in total. The van der Waals surface area contributed by atoms with E-state index in [1.807, 2.05) is 32.7 Å². The average Bonchev–Trinajstić information content (AvgIpc) is 3.34. The zero-order valence-corrected chi connectivity index (χ0v) is 17.4. The smallest absolute Gasteiger partial charge is 0.407 e. The lowest BCUT2D eigenvalue weighted by molar-refractivity contribution is 0.0502. The predicted octanol–water partition coefficient (Wildman–Crippen LogP) is 2.61. The number of alkyl carbamates (subject to hydrolysis) is 1. The summed E-state index contributed by atoms with van der Waals surface area (Å²) >= 11 is 0. The van der Waals surface area contributed by atoms with Crippen LogP contribution in [-0.2, 0) is 9.47 Å². The quantitative estimate of drug-likeness (QED) is 0.351. The van der Waals surface area contributed by atoms with Gasteiger partial charge in [0.15, 0.2) is 5.96 Å². The Morgan fingerprint density at radius 2 is 2.04 bits per heavy atom. The van der Waals surface area contributed by atoms with Crippen LogP contribution in [0.1, 0.15) is 53.4 Å². The molecule has 0 spiro atoms. The van der Waals surface area contributed by atoms with E-state index >= 15 is 0 Å². The number of nitrogens with one attached hydrogen (secondary N) is 2. The number of carbonyl (C=O) groups excluding carboxylic acids is 1. The average molecular weight is 371 g/mol. The molecule has 7 nitrogen and oxygen atoms in total. The first-order valence-corrected chi connectivity index (χ1v) is 9.74. The summed E-state index contributed by atoms with van der Waals surface area (Å²) in [7, 11) is 3.76. The van der Waals surface area contributed by atoms with Crippen LogP contribution in [-0.4, -0.2) is 69.0 Å². The molecule has 1 fully saturated rings. The van der Waals surface area contributed by atoms with Gasteiger partial charge in [-0.1, -0.05) is 13.3 Å². The lowest BCUT2D eigenvalue weighted by Gasteiger charge is -2.26. The van der Waals surface area contributed by atoms with Crippen LogP contribution >= 0.6 is 0 Å². The molecule has 1 amide bonds. The minimum Gasteiger partial charge on any atom is -0.444 e. The maximum atomic E-state index is 12.0. The predicted molar refractivity (Wildman–Crippen MR) is 106 cm³/mol. The van der Waals surface area contributed by atoms with E-state index in [1.54, 1.807) is 7.05 Å². The van der Waals surface area contributed by atoms with E-state index in [-0.39, 0.29) is 12.1 Å². The molecule has 1 saturated carbocycles. The highest BCUT2D eigenvalue weighted by Crippen LogP contribution is 2.28. The van der Waals surface area contributed by atoms with E-state index in [2.05, 4.69) is 22.5 Å². The van der Waals surface area contributed by atoms with Crippen LogP contribution in [0.5, 0.6) is 0 Å². The SMILES string of the molecule is CCCC(CNC(=NC)N(C)CCOCC1CC1)NC(=O)OC(C)(C)C. The molecule has 0 aromatic carbocycles. The van der Waals surface area contributed by atoms with Gasteiger partial charge in [-0.05, 0) is 46.0 Å². The molecule has 152 valence electrons. The molecule has 1 unspecified atom stereocenters. The summed E-state index contributed by atoms with van der Waals surface area (Å²) in [6.07, 6.45) is 4.09. The van der Waals surface area contributed by atoms with Crippen LogP contribution in [0, 0.1) is 5.92 Å². The third-order valence-corrected chi connectivity index (χ3v) is 4.06. The number of hydrogen-bond acceptors (Lipinski definition) is 4. The summed E-state index contributed by atoms with van der Waals surface area (Å²) in [6.45, 7) is 10.6. The molecular formula is C19H38N4O3. The minimum absolute atomic E-state index is 0.00823. The number of likely N-dealkylation sites (N-methyl/N-ethyl adjacent to an activating group) is 1. The zero-order chi connectivity index (χ0) is 19.6. The van der Waals surface area contributed by atoms with Crippen molar-refractivity contribution >= 4 is 12.1 Å². The van der Waals surface area contributed by atoms with Crippen molar-refractivity contribution in [3.63, 3.8) is 0 Å². The number of carbonyl (C=O) groups is 1. The fraction of sp³-hybridized carbons (Fsp3) is 0.895. The summed E-state index contributed by atoms with van der Waals surface area (Å²) in [5.41, 5.74) is -0.495. The topological polar surface area (TPSA) is 75.2 Å². The largest absolute Gasteiger partial charge is 0.444 e. The van der Waals surface area contributed by atoms with Crippen molar-refractivity contribution in [2.24, 2.45) is 10.9 Å². The van der Waals surface area contributed by atoms with Crippen molar-refractivity contribution < 1.29 is 14.3 Å². The normalized spacial score (nSPS) is 16.2. The number of aliphatic imine (C=N–C) groups is 1. The second kappa shape index (κ2) is 11.3. The molecule has 26 heavy (non-hydrogen) atoms. The zero-order valence-electron chi connectivity index (χ0n) is 17.4. The van der Waals surface area contributed by atoms with Crippen molar-refractivity contribution in [3.8, 4) is 0 Å². The standard InChI is InChI=1S/C19H38N4O3/c1-7-8-16(22-18(24)26-19(2,3)4)13-21-17(20-5)23(6)11-12-25-14-15-9-10-15/h15-16H,7-14H2,1-6H3,(H,20,21)(H,22,24). The first-order chi connectivity index (χ1) is 12.2. The summed E-state index contributed by atoms with van der Waals surface area (Å²) in [5.74, 6) is 1.58. The van der Waals surface area contributed by atoms with E-state index in [0.29, 0.717) is 13.2 Å². The number of rotatable bonds is 10. The third kappa shape index (κ3) is 10.5. The summed E-state index contributed by atoms with van der Waals surface area (Å²) < 4.78 is 11.0. The second-order valence-corrected chi connectivity index (χ2v) is 8.00. The van der Waals surface area contributed by atoms with Gasteiger partial charge < -0.3 is 25.0 Å². The molecule has 0 aliphatic heterocycles. The maximum Gasteiger partial charge on any atom is 0.407 e. The van der Waals surface area contributed by atoms with Gasteiger partial charge in [0.05, 0.1) is 6.61 Å². The summed E-state index contributed by atoms with van der Waals surface area (Å²) in [5, 5.41) is 6.28. The number of ether oxygens (including phenoxy) is 2. The van der Waals surface area contributed by atoms with Crippen LogP contribution in [0.15, 0.2) is 4.99 Å².